The van der Waals surface area contributed by atoms with Gasteiger partial charge in [-0.15, -0.1) is 0 Å². The molecule has 0 aromatic heterocycles. The molecule has 2 saturated heterocycles. The summed E-state index contributed by atoms with van der Waals surface area (Å²) in [5.41, 5.74) is -0.662. The van der Waals surface area contributed by atoms with Gasteiger partial charge in [0.15, 0.2) is 5.78 Å². The highest BCUT2D eigenvalue weighted by Crippen LogP contribution is 2.37. The van der Waals surface area contributed by atoms with Crippen LogP contribution in [-0.2, 0) is 14.3 Å². The van der Waals surface area contributed by atoms with E-state index in [0.717, 1.165) is 6.42 Å². The molecule has 104 valence electrons. The Kier molecular flexibility index (Phi) is 3.81. The van der Waals surface area contributed by atoms with Crippen molar-refractivity contribution >= 4 is 5.78 Å². The van der Waals surface area contributed by atoms with Gasteiger partial charge >= 0.3 is 0 Å². The van der Waals surface area contributed by atoms with Crippen molar-refractivity contribution in [3.8, 4) is 0 Å². The summed E-state index contributed by atoms with van der Waals surface area (Å²) in [5, 5.41) is 10.1. The summed E-state index contributed by atoms with van der Waals surface area (Å²) in [6.45, 7) is 7.57. The van der Waals surface area contributed by atoms with Crippen LogP contribution in [0.2, 0.25) is 0 Å². The Labute approximate surface area is 109 Å². The maximum atomic E-state index is 12.3. The molecule has 4 heteroatoms. The molecule has 0 saturated carbocycles. The van der Waals surface area contributed by atoms with E-state index in [1.165, 1.54) is 0 Å². The fourth-order valence-corrected chi connectivity index (χ4v) is 2.78. The fraction of sp³-hybridized carbons (Fsp3) is 0.929. The molecule has 0 aromatic rings. The average Bonchev–Trinajstić information content (AvgIpc) is 2.74. The lowest BCUT2D eigenvalue weighted by atomic mass is 9.76. The first-order valence-corrected chi connectivity index (χ1v) is 6.78. The van der Waals surface area contributed by atoms with Crippen LogP contribution in [0.3, 0.4) is 0 Å². The van der Waals surface area contributed by atoms with Crippen LogP contribution in [0.5, 0.6) is 0 Å². The highest BCUT2D eigenvalue weighted by molar-refractivity contribution is 5.86. The molecule has 0 aromatic carbocycles. The van der Waals surface area contributed by atoms with Gasteiger partial charge in [0.05, 0.1) is 12.2 Å². The Hall–Kier alpha value is -0.450. The van der Waals surface area contributed by atoms with Gasteiger partial charge in [0.1, 0.15) is 6.10 Å². The summed E-state index contributed by atoms with van der Waals surface area (Å²) in [4.78, 5) is 12.3. The second kappa shape index (κ2) is 4.91. The number of ether oxygens (including phenoxy) is 2. The van der Waals surface area contributed by atoms with Crippen LogP contribution < -0.4 is 0 Å². The van der Waals surface area contributed by atoms with Crippen LogP contribution in [0.1, 0.15) is 40.0 Å². The Balaban J connectivity index is 2.03. The van der Waals surface area contributed by atoms with Crippen molar-refractivity contribution in [1.29, 1.82) is 0 Å². The Morgan fingerprint density at radius 1 is 1.39 bits per heavy atom. The van der Waals surface area contributed by atoms with Gasteiger partial charge in [0.2, 0.25) is 0 Å². The van der Waals surface area contributed by atoms with Gasteiger partial charge < -0.3 is 14.6 Å². The lowest BCUT2D eigenvalue weighted by Crippen LogP contribution is -2.46. The number of aliphatic hydroxyl groups excluding tert-OH is 1. The zero-order valence-corrected chi connectivity index (χ0v) is 11.6. The van der Waals surface area contributed by atoms with E-state index in [-0.39, 0.29) is 17.3 Å². The maximum Gasteiger partial charge on any atom is 0.165 e. The lowest BCUT2D eigenvalue weighted by Gasteiger charge is -2.38. The van der Waals surface area contributed by atoms with Gasteiger partial charge in [0, 0.05) is 25.6 Å². The van der Waals surface area contributed by atoms with Gasteiger partial charge in [-0.1, -0.05) is 20.8 Å². The van der Waals surface area contributed by atoms with Crippen LogP contribution in [0.15, 0.2) is 0 Å². The molecule has 1 N–H and O–H groups in total. The van der Waals surface area contributed by atoms with Crippen molar-refractivity contribution in [1.82, 2.24) is 0 Å². The van der Waals surface area contributed by atoms with E-state index >= 15 is 0 Å². The van der Waals surface area contributed by atoms with E-state index in [1.807, 2.05) is 20.8 Å². The normalized spacial score (nSPS) is 34.8. The molecular formula is C14H24O4. The molecule has 2 aliphatic rings. The van der Waals surface area contributed by atoms with Crippen LogP contribution in [0.25, 0.3) is 0 Å². The minimum atomic E-state index is -0.889. The van der Waals surface area contributed by atoms with Crippen molar-refractivity contribution in [2.45, 2.75) is 51.7 Å². The molecule has 2 fully saturated rings. The minimum Gasteiger partial charge on any atom is -0.385 e. The first kappa shape index (κ1) is 14.0. The van der Waals surface area contributed by atoms with Crippen LogP contribution >= 0.6 is 0 Å². The maximum absolute atomic E-state index is 12.3. The summed E-state index contributed by atoms with van der Waals surface area (Å²) in [7, 11) is 0. The zero-order valence-electron chi connectivity index (χ0n) is 11.6. The number of carbonyl (C=O) groups excluding carboxylic acids is 1. The number of hydrogen-bond acceptors (Lipinski definition) is 4. The van der Waals surface area contributed by atoms with E-state index < -0.39 is 11.5 Å². The number of Topliss-reactive ketones (excluding diaryl/α,β-unsaturated/α-hetero) is 1. The van der Waals surface area contributed by atoms with Gasteiger partial charge in [-0.05, 0) is 18.3 Å². The summed E-state index contributed by atoms with van der Waals surface area (Å²) in [6, 6.07) is 0. The molecule has 4 nitrogen and oxygen atoms in total. The third-order valence-corrected chi connectivity index (χ3v) is 4.05. The molecule has 0 aliphatic carbocycles. The molecule has 2 rings (SSSR count). The van der Waals surface area contributed by atoms with Crippen LogP contribution in [0.4, 0.5) is 0 Å². The molecule has 2 aliphatic heterocycles. The van der Waals surface area contributed by atoms with Gasteiger partial charge in [-0.25, -0.2) is 0 Å². The largest absolute Gasteiger partial charge is 0.385 e. The van der Waals surface area contributed by atoms with Crippen LogP contribution in [0, 0.1) is 11.3 Å². The topological polar surface area (TPSA) is 55.8 Å². The highest BCUT2D eigenvalue weighted by atomic mass is 16.6. The van der Waals surface area contributed by atoms with Crippen molar-refractivity contribution in [3.63, 3.8) is 0 Å². The first-order valence-electron chi connectivity index (χ1n) is 6.78. The molecule has 3 unspecified atom stereocenters. The predicted molar refractivity (Wildman–Crippen MR) is 67.3 cm³/mol. The summed E-state index contributed by atoms with van der Waals surface area (Å²) in [5.74, 6) is -0.119. The van der Waals surface area contributed by atoms with Gasteiger partial charge in [-0.2, -0.15) is 0 Å². The number of rotatable bonds is 2. The smallest absolute Gasteiger partial charge is 0.165 e. The SMILES string of the molecule is CC(C)(C)C(O)C(=O)C1CCOC2(CCOC2)C1. The van der Waals surface area contributed by atoms with Crippen molar-refractivity contribution in [2.75, 3.05) is 19.8 Å². The second-order valence-corrected chi connectivity index (χ2v) is 6.69. The summed E-state index contributed by atoms with van der Waals surface area (Å²) < 4.78 is 11.2. The van der Waals surface area contributed by atoms with Gasteiger partial charge in [-0.3, -0.25) is 4.79 Å². The monoisotopic (exact) mass is 256 g/mol. The predicted octanol–water partition coefficient (Wildman–Crippen LogP) is 1.55. The number of aliphatic hydroxyl groups is 1. The standard InChI is InChI=1S/C14H24O4/c1-13(2,3)12(16)11(15)10-4-6-18-14(8-10)5-7-17-9-14/h10,12,16H,4-9H2,1-3H3. The molecule has 2 heterocycles. The van der Waals surface area contributed by atoms with E-state index in [2.05, 4.69) is 0 Å². The fourth-order valence-electron chi connectivity index (χ4n) is 2.78. The van der Waals surface area contributed by atoms with E-state index in [0.29, 0.717) is 32.7 Å². The molecule has 1 spiro atoms. The Morgan fingerprint density at radius 2 is 2.11 bits per heavy atom. The average molecular weight is 256 g/mol. The number of hydrogen-bond donors (Lipinski definition) is 1. The number of ketones is 1. The zero-order chi connectivity index (χ0) is 13.4. The Bertz CT molecular complexity index is 312. The van der Waals surface area contributed by atoms with Crippen molar-refractivity contribution in [3.05, 3.63) is 0 Å². The van der Waals surface area contributed by atoms with E-state index in [4.69, 9.17) is 9.47 Å². The molecular weight excluding hydrogens is 232 g/mol. The summed E-state index contributed by atoms with van der Waals surface area (Å²) in [6.07, 6.45) is 1.38. The third kappa shape index (κ3) is 2.76. The number of carbonyl (C=O) groups is 1. The summed E-state index contributed by atoms with van der Waals surface area (Å²) >= 11 is 0. The van der Waals surface area contributed by atoms with Crippen molar-refractivity contribution < 1.29 is 19.4 Å². The molecule has 0 amide bonds. The lowest BCUT2D eigenvalue weighted by molar-refractivity contribution is -0.149. The minimum absolute atomic E-state index is 0.0305. The van der Waals surface area contributed by atoms with Crippen molar-refractivity contribution in [2.24, 2.45) is 11.3 Å². The molecule has 3 atom stereocenters. The first-order chi connectivity index (χ1) is 8.34. The highest BCUT2D eigenvalue weighted by Gasteiger charge is 2.45. The molecule has 18 heavy (non-hydrogen) atoms. The van der Waals surface area contributed by atoms with E-state index in [9.17, 15) is 9.90 Å². The van der Waals surface area contributed by atoms with Crippen LogP contribution in [-0.4, -0.2) is 42.4 Å². The third-order valence-electron chi connectivity index (χ3n) is 4.05. The molecule has 0 radical (unpaired) electrons. The quantitative estimate of drug-likeness (QED) is 0.814. The van der Waals surface area contributed by atoms with Gasteiger partial charge in [0.25, 0.3) is 0 Å². The second-order valence-electron chi connectivity index (χ2n) is 6.69. The van der Waals surface area contributed by atoms with E-state index in [1.54, 1.807) is 0 Å². The molecule has 0 bridgehead atoms. The Morgan fingerprint density at radius 3 is 2.67 bits per heavy atom.